The number of benzene rings is 1. The summed E-state index contributed by atoms with van der Waals surface area (Å²) in [7, 11) is 0. The van der Waals surface area contributed by atoms with Crippen LogP contribution < -0.4 is 11.1 Å². The van der Waals surface area contributed by atoms with Crippen molar-refractivity contribution in [3.63, 3.8) is 0 Å². The van der Waals surface area contributed by atoms with Crippen molar-refractivity contribution in [1.82, 2.24) is 0 Å². The average molecular weight is 222 g/mol. The highest BCUT2D eigenvalue weighted by atomic mass is 16.6. The molecule has 3 N–H and O–H groups in total. The minimum absolute atomic E-state index is 0.120. The molecule has 1 fully saturated rings. The molecule has 1 atom stereocenters. The Morgan fingerprint density at radius 2 is 2.31 bits per heavy atom. The Balaban J connectivity index is 1.88. The van der Waals surface area contributed by atoms with E-state index in [-0.39, 0.29) is 6.10 Å². The second-order valence-corrected chi connectivity index (χ2v) is 4.04. The van der Waals surface area contributed by atoms with Gasteiger partial charge in [-0.15, -0.1) is 0 Å². The van der Waals surface area contributed by atoms with Gasteiger partial charge in [0.15, 0.2) is 0 Å². The summed E-state index contributed by atoms with van der Waals surface area (Å²) in [6, 6.07) is 5.99. The van der Waals surface area contributed by atoms with Gasteiger partial charge in [-0.25, -0.2) is 0 Å². The molecular weight excluding hydrogens is 204 g/mol. The first-order valence-corrected chi connectivity index (χ1v) is 5.55. The van der Waals surface area contributed by atoms with E-state index in [9.17, 15) is 0 Å². The maximum absolute atomic E-state index is 5.90. The zero-order valence-corrected chi connectivity index (χ0v) is 9.53. The molecular formula is C12H18N2O2. The van der Waals surface area contributed by atoms with E-state index >= 15 is 0 Å². The molecule has 1 aliphatic rings. The minimum atomic E-state index is 0.120. The predicted molar refractivity (Wildman–Crippen MR) is 64.6 cm³/mol. The van der Waals surface area contributed by atoms with Gasteiger partial charge < -0.3 is 20.5 Å². The molecule has 0 aromatic heterocycles. The Labute approximate surface area is 95.7 Å². The lowest BCUT2D eigenvalue weighted by molar-refractivity contribution is -0.0818. The van der Waals surface area contributed by atoms with Gasteiger partial charge in [0.2, 0.25) is 0 Å². The summed E-state index contributed by atoms with van der Waals surface area (Å²) in [4.78, 5) is 0. The van der Waals surface area contributed by atoms with E-state index in [1.54, 1.807) is 0 Å². The molecule has 1 aromatic rings. The Kier molecular flexibility index (Phi) is 3.64. The van der Waals surface area contributed by atoms with Crippen molar-refractivity contribution < 1.29 is 9.47 Å². The highest BCUT2D eigenvalue weighted by Gasteiger charge is 2.14. The van der Waals surface area contributed by atoms with Crippen molar-refractivity contribution in [2.24, 2.45) is 0 Å². The zero-order chi connectivity index (χ0) is 11.4. The summed E-state index contributed by atoms with van der Waals surface area (Å²) in [6.07, 6.45) is 0.120. The lowest BCUT2D eigenvalue weighted by atomic mass is 10.2. The van der Waals surface area contributed by atoms with Gasteiger partial charge >= 0.3 is 0 Å². The van der Waals surface area contributed by atoms with E-state index in [1.165, 1.54) is 5.56 Å². The fourth-order valence-electron chi connectivity index (χ4n) is 1.72. The molecule has 1 aromatic carbocycles. The molecule has 0 radical (unpaired) electrons. The first-order valence-electron chi connectivity index (χ1n) is 5.55. The third-order valence-electron chi connectivity index (χ3n) is 2.61. The molecule has 0 spiro atoms. The van der Waals surface area contributed by atoms with Crippen LogP contribution in [0.15, 0.2) is 18.2 Å². The normalized spacial score (nSPS) is 20.7. The molecule has 1 saturated heterocycles. The summed E-state index contributed by atoms with van der Waals surface area (Å²) >= 11 is 0. The lowest BCUT2D eigenvalue weighted by Crippen LogP contribution is -2.34. The van der Waals surface area contributed by atoms with Gasteiger partial charge in [-0.05, 0) is 24.6 Å². The van der Waals surface area contributed by atoms with Crippen LogP contribution in [0.4, 0.5) is 11.4 Å². The Hall–Kier alpha value is -1.26. The SMILES string of the molecule is Cc1ccc(NCC2COCCO2)c(N)c1. The zero-order valence-electron chi connectivity index (χ0n) is 9.53. The number of nitrogens with two attached hydrogens (primary N) is 1. The van der Waals surface area contributed by atoms with Crippen molar-refractivity contribution in [2.75, 3.05) is 37.4 Å². The first kappa shape index (κ1) is 11.2. The number of rotatable bonds is 3. The van der Waals surface area contributed by atoms with Crippen LogP contribution in [-0.4, -0.2) is 32.5 Å². The number of hydrogen-bond donors (Lipinski definition) is 2. The van der Waals surface area contributed by atoms with Gasteiger partial charge in [-0.3, -0.25) is 0 Å². The number of nitrogens with one attached hydrogen (secondary N) is 1. The topological polar surface area (TPSA) is 56.5 Å². The molecule has 1 heterocycles. The van der Waals surface area contributed by atoms with Gasteiger partial charge in [0.25, 0.3) is 0 Å². The summed E-state index contributed by atoms with van der Waals surface area (Å²) in [6.45, 7) is 4.78. The fraction of sp³-hybridized carbons (Fsp3) is 0.500. The van der Waals surface area contributed by atoms with E-state index in [4.69, 9.17) is 15.2 Å². The van der Waals surface area contributed by atoms with Crippen molar-refractivity contribution >= 4 is 11.4 Å². The molecule has 0 saturated carbocycles. The van der Waals surface area contributed by atoms with Crippen molar-refractivity contribution in [1.29, 1.82) is 0 Å². The minimum Gasteiger partial charge on any atom is -0.397 e. The van der Waals surface area contributed by atoms with Crippen molar-refractivity contribution in [3.8, 4) is 0 Å². The van der Waals surface area contributed by atoms with E-state index in [2.05, 4.69) is 5.32 Å². The van der Waals surface area contributed by atoms with Crippen LogP contribution in [0.2, 0.25) is 0 Å². The first-order chi connectivity index (χ1) is 7.75. The standard InChI is InChI=1S/C12H18N2O2/c1-9-2-3-12(11(13)6-9)14-7-10-8-15-4-5-16-10/h2-3,6,10,14H,4-5,7-8,13H2,1H3. The van der Waals surface area contributed by atoms with Crippen molar-refractivity contribution in [2.45, 2.75) is 13.0 Å². The third-order valence-corrected chi connectivity index (χ3v) is 2.61. The molecule has 0 amide bonds. The largest absolute Gasteiger partial charge is 0.397 e. The molecule has 2 rings (SSSR count). The van der Waals surface area contributed by atoms with Gasteiger partial charge in [0.1, 0.15) is 0 Å². The van der Waals surface area contributed by atoms with Crippen LogP contribution in [0.25, 0.3) is 0 Å². The van der Waals surface area contributed by atoms with E-state index in [0.717, 1.165) is 17.9 Å². The molecule has 1 aliphatic heterocycles. The van der Waals surface area contributed by atoms with Crippen LogP contribution in [0.3, 0.4) is 0 Å². The van der Waals surface area contributed by atoms with Crippen LogP contribution in [0, 0.1) is 6.92 Å². The summed E-state index contributed by atoms with van der Waals surface area (Å²) in [5.41, 5.74) is 8.80. The highest BCUT2D eigenvalue weighted by Crippen LogP contribution is 2.19. The van der Waals surface area contributed by atoms with E-state index < -0.39 is 0 Å². The second-order valence-electron chi connectivity index (χ2n) is 4.04. The highest BCUT2D eigenvalue weighted by molar-refractivity contribution is 5.66. The maximum atomic E-state index is 5.90. The van der Waals surface area contributed by atoms with Gasteiger partial charge in [0.05, 0.1) is 37.3 Å². The lowest BCUT2D eigenvalue weighted by Gasteiger charge is -2.23. The van der Waals surface area contributed by atoms with E-state index in [0.29, 0.717) is 19.8 Å². The smallest absolute Gasteiger partial charge is 0.0981 e. The summed E-state index contributed by atoms with van der Waals surface area (Å²) in [5, 5.41) is 3.28. The molecule has 0 aliphatic carbocycles. The molecule has 16 heavy (non-hydrogen) atoms. The summed E-state index contributed by atoms with van der Waals surface area (Å²) < 4.78 is 10.9. The molecule has 4 heteroatoms. The molecule has 88 valence electrons. The fourth-order valence-corrected chi connectivity index (χ4v) is 1.72. The Morgan fingerprint density at radius 3 is 3.00 bits per heavy atom. The van der Waals surface area contributed by atoms with Crippen LogP contribution in [0.5, 0.6) is 0 Å². The van der Waals surface area contributed by atoms with Gasteiger partial charge in [-0.2, -0.15) is 0 Å². The quantitative estimate of drug-likeness (QED) is 0.759. The van der Waals surface area contributed by atoms with Crippen LogP contribution in [-0.2, 0) is 9.47 Å². The number of hydrogen-bond acceptors (Lipinski definition) is 4. The number of nitrogen functional groups attached to an aromatic ring is 1. The van der Waals surface area contributed by atoms with Crippen molar-refractivity contribution in [3.05, 3.63) is 23.8 Å². The van der Waals surface area contributed by atoms with Crippen LogP contribution >= 0.6 is 0 Å². The second kappa shape index (κ2) is 5.18. The van der Waals surface area contributed by atoms with Crippen LogP contribution in [0.1, 0.15) is 5.56 Å². The Morgan fingerprint density at radius 1 is 1.44 bits per heavy atom. The van der Waals surface area contributed by atoms with Gasteiger partial charge in [-0.1, -0.05) is 6.07 Å². The number of ether oxygens (including phenoxy) is 2. The number of aryl methyl sites for hydroxylation is 1. The van der Waals surface area contributed by atoms with Gasteiger partial charge in [0, 0.05) is 6.54 Å². The summed E-state index contributed by atoms with van der Waals surface area (Å²) in [5.74, 6) is 0. The maximum Gasteiger partial charge on any atom is 0.0981 e. The number of anilines is 2. The molecule has 1 unspecified atom stereocenters. The monoisotopic (exact) mass is 222 g/mol. The molecule has 0 bridgehead atoms. The van der Waals surface area contributed by atoms with E-state index in [1.807, 2.05) is 25.1 Å². The Bertz CT molecular complexity index is 349. The average Bonchev–Trinajstić information content (AvgIpc) is 2.29. The predicted octanol–water partition coefficient (Wildman–Crippen LogP) is 1.40. The third kappa shape index (κ3) is 2.87. The molecule has 4 nitrogen and oxygen atoms in total.